The second-order valence-electron chi connectivity index (χ2n) is 6.85. The lowest BCUT2D eigenvalue weighted by Crippen LogP contribution is -2.22. The maximum atomic E-state index is 13.2. The van der Waals surface area contributed by atoms with Gasteiger partial charge in [0.2, 0.25) is 11.9 Å². The summed E-state index contributed by atoms with van der Waals surface area (Å²) in [5.41, 5.74) is 3.82. The second kappa shape index (κ2) is 7.49. The predicted octanol–water partition coefficient (Wildman–Crippen LogP) is 5.31. The number of imidazole rings is 1. The monoisotopic (exact) mass is 389 g/mol. The highest BCUT2D eigenvalue weighted by Crippen LogP contribution is 2.28. The van der Waals surface area contributed by atoms with E-state index < -0.39 is 0 Å². The summed E-state index contributed by atoms with van der Waals surface area (Å²) in [6.45, 7) is 3.82. The Morgan fingerprint density at radius 1 is 1.21 bits per heavy atom. The topological polar surface area (TPSA) is 38.1 Å². The van der Waals surface area contributed by atoms with Gasteiger partial charge in [-0.1, -0.05) is 66.7 Å². The third-order valence-corrected chi connectivity index (χ3v) is 5.13. The van der Waals surface area contributed by atoms with Gasteiger partial charge in [0, 0.05) is 30.0 Å². The molecular weight excluding hydrogens is 370 g/mol. The average Bonchev–Trinajstić information content (AvgIpc) is 3.12. The molecule has 4 rings (SSSR count). The molecule has 4 nitrogen and oxygen atoms in total. The van der Waals surface area contributed by atoms with Crippen LogP contribution in [0.25, 0.3) is 17.3 Å². The molecule has 28 heavy (non-hydrogen) atoms. The number of hydrogen-bond donors (Lipinski definition) is 0. The molecule has 0 spiro atoms. The number of nitrogens with zero attached hydrogens (tertiary/aromatic N) is 3. The number of benzene rings is 2. The summed E-state index contributed by atoms with van der Waals surface area (Å²) in [6.07, 6.45) is 8.10. The molecule has 2 heterocycles. The third kappa shape index (κ3) is 3.51. The molecule has 0 fully saturated rings. The normalized spacial score (nSPS) is 16.0. The molecule has 2 aromatic carbocycles. The van der Waals surface area contributed by atoms with Crippen molar-refractivity contribution in [1.82, 2.24) is 9.55 Å². The fourth-order valence-corrected chi connectivity index (χ4v) is 3.48. The number of carbonyl (C=O) groups is 1. The van der Waals surface area contributed by atoms with Crippen LogP contribution in [-0.4, -0.2) is 22.5 Å². The molecule has 1 atom stereocenters. The summed E-state index contributed by atoms with van der Waals surface area (Å²) < 4.78 is 1.64. The van der Waals surface area contributed by atoms with Crippen LogP contribution >= 0.6 is 11.6 Å². The number of anilines is 1. The number of aromatic nitrogens is 2. The maximum Gasteiger partial charge on any atom is 0.240 e. The molecule has 5 heteroatoms. The van der Waals surface area contributed by atoms with Crippen molar-refractivity contribution in [2.24, 2.45) is 5.92 Å². The first-order valence-electron chi connectivity index (χ1n) is 9.07. The van der Waals surface area contributed by atoms with Crippen molar-refractivity contribution < 1.29 is 4.79 Å². The first-order valence-corrected chi connectivity index (χ1v) is 9.45. The lowest BCUT2D eigenvalue weighted by atomic mass is 9.97. The van der Waals surface area contributed by atoms with Gasteiger partial charge in [0.05, 0.1) is 11.6 Å². The molecule has 0 bridgehead atoms. The number of hydrogen-bond acceptors (Lipinski definition) is 3. The van der Waals surface area contributed by atoms with E-state index in [0.29, 0.717) is 17.4 Å². The van der Waals surface area contributed by atoms with Gasteiger partial charge in [-0.05, 0) is 29.7 Å². The zero-order chi connectivity index (χ0) is 19.7. The van der Waals surface area contributed by atoms with Crippen LogP contribution in [0.1, 0.15) is 15.9 Å². The molecule has 1 aromatic heterocycles. The minimum Gasteiger partial charge on any atom is -0.322 e. The van der Waals surface area contributed by atoms with E-state index in [1.54, 1.807) is 10.8 Å². The highest BCUT2D eigenvalue weighted by atomic mass is 35.5. The zero-order valence-corrected chi connectivity index (χ0v) is 16.3. The predicted molar refractivity (Wildman–Crippen MR) is 115 cm³/mol. The average molecular weight is 390 g/mol. The minimum atomic E-state index is -0.268. The first-order chi connectivity index (χ1) is 13.5. The number of halogens is 1. The van der Waals surface area contributed by atoms with E-state index in [2.05, 4.69) is 17.6 Å². The van der Waals surface area contributed by atoms with Gasteiger partial charge in [-0.2, -0.15) is 0 Å². The first kappa shape index (κ1) is 18.3. The van der Waals surface area contributed by atoms with Crippen LogP contribution in [0.5, 0.6) is 0 Å². The largest absolute Gasteiger partial charge is 0.322 e. The summed E-state index contributed by atoms with van der Waals surface area (Å²) in [7, 11) is 1.90. The molecule has 1 aliphatic heterocycles. The standard InChI is InChI=1S/C23H20ClN3O/c1-3-16-5-4-6-17(13-16)14-19-11-12-26(2)23-25-21(15-27(23)22(19)28)18-7-9-20(24)10-8-18/h3-13,15,19H,1,14H2,2H3. The van der Waals surface area contributed by atoms with Crippen molar-refractivity contribution in [2.45, 2.75) is 6.42 Å². The van der Waals surface area contributed by atoms with Crippen LogP contribution in [0.2, 0.25) is 5.02 Å². The highest BCUT2D eigenvalue weighted by molar-refractivity contribution is 6.30. The van der Waals surface area contributed by atoms with Crippen LogP contribution in [0, 0.1) is 5.92 Å². The van der Waals surface area contributed by atoms with E-state index >= 15 is 0 Å². The van der Waals surface area contributed by atoms with Crippen LogP contribution < -0.4 is 4.90 Å². The molecule has 0 saturated heterocycles. The number of fused-ring (bicyclic) bond motifs is 1. The lowest BCUT2D eigenvalue weighted by molar-refractivity contribution is 0.0864. The van der Waals surface area contributed by atoms with Gasteiger partial charge in [-0.15, -0.1) is 0 Å². The van der Waals surface area contributed by atoms with Crippen molar-refractivity contribution >= 4 is 29.5 Å². The molecule has 1 unspecified atom stereocenters. The number of allylic oxidation sites excluding steroid dienone is 1. The van der Waals surface area contributed by atoms with E-state index in [1.807, 2.05) is 72.8 Å². The van der Waals surface area contributed by atoms with E-state index in [1.165, 1.54) is 0 Å². The molecule has 3 aromatic rings. The Morgan fingerprint density at radius 2 is 2.00 bits per heavy atom. The smallest absolute Gasteiger partial charge is 0.240 e. The molecule has 1 aliphatic rings. The SMILES string of the molecule is C=Cc1cccc(CC2C=CN(C)c3nc(-c4ccc(Cl)cc4)cn3C2=O)c1. The van der Waals surface area contributed by atoms with Crippen LogP contribution in [0.3, 0.4) is 0 Å². The molecule has 0 amide bonds. The summed E-state index contributed by atoms with van der Waals surface area (Å²) in [5, 5.41) is 0.669. The van der Waals surface area contributed by atoms with E-state index in [4.69, 9.17) is 11.6 Å². The Morgan fingerprint density at radius 3 is 2.75 bits per heavy atom. The van der Waals surface area contributed by atoms with Crippen LogP contribution in [0.4, 0.5) is 5.95 Å². The summed E-state index contributed by atoms with van der Waals surface area (Å²) >= 11 is 5.98. The van der Waals surface area contributed by atoms with Crippen molar-refractivity contribution in [3.05, 3.63) is 89.7 Å². The minimum absolute atomic E-state index is 0.00678. The molecule has 0 N–H and O–H groups in total. The van der Waals surface area contributed by atoms with Gasteiger partial charge in [-0.3, -0.25) is 9.36 Å². The molecule has 0 aliphatic carbocycles. The van der Waals surface area contributed by atoms with Crippen molar-refractivity contribution in [3.63, 3.8) is 0 Å². The van der Waals surface area contributed by atoms with Gasteiger partial charge in [0.15, 0.2) is 0 Å². The van der Waals surface area contributed by atoms with Gasteiger partial charge < -0.3 is 4.90 Å². The van der Waals surface area contributed by atoms with Crippen LogP contribution in [-0.2, 0) is 6.42 Å². The fraction of sp³-hybridized carbons (Fsp3) is 0.130. The highest BCUT2D eigenvalue weighted by Gasteiger charge is 2.26. The second-order valence-corrected chi connectivity index (χ2v) is 7.29. The quantitative estimate of drug-likeness (QED) is 0.607. The molecular formula is C23H20ClN3O. The fourth-order valence-electron chi connectivity index (χ4n) is 3.36. The summed E-state index contributed by atoms with van der Waals surface area (Å²) in [6, 6.07) is 15.6. The Labute approximate surface area is 169 Å². The molecule has 0 radical (unpaired) electrons. The Balaban J connectivity index is 1.67. The number of carbonyl (C=O) groups excluding carboxylic acids is 1. The molecule has 140 valence electrons. The van der Waals surface area contributed by atoms with Gasteiger partial charge >= 0.3 is 0 Å². The number of rotatable bonds is 4. The van der Waals surface area contributed by atoms with E-state index in [9.17, 15) is 4.79 Å². The Bertz CT molecular complexity index is 1070. The zero-order valence-electron chi connectivity index (χ0n) is 15.5. The van der Waals surface area contributed by atoms with Crippen LogP contribution in [0.15, 0.2) is 73.6 Å². The van der Waals surface area contributed by atoms with E-state index in [-0.39, 0.29) is 11.8 Å². The summed E-state index contributed by atoms with van der Waals surface area (Å²) in [5.74, 6) is 0.344. The Kier molecular flexibility index (Phi) is 4.88. The van der Waals surface area contributed by atoms with Gasteiger partial charge in [0.25, 0.3) is 0 Å². The van der Waals surface area contributed by atoms with Crippen molar-refractivity contribution in [3.8, 4) is 11.3 Å². The third-order valence-electron chi connectivity index (χ3n) is 4.88. The van der Waals surface area contributed by atoms with Gasteiger partial charge in [-0.25, -0.2) is 4.98 Å². The molecule has 0 saturated carbocycles. The van der Waals surface area contributed by atoms with Crippen molar-refractivity contribution in [2.75, 3.05) is 11.9 Å². The lowest BCUT2D eigenvalue weighted by Gasteiger charge is -2.13. The maximum absolute atomic E-state index is 13.2. The van der Waals surface area contributed by atoms with Crippen molar-refractivity contribution in [1.29, 1.82) is 0 Å². The summed E-state index contributed by atoms with van der Waals surface area (Å²) in [4.78, 5) is 19.8. The Hall–Kier alpha value is -3.11. The van der Waals surface area contributed by atoms with Gasteiger partial charge in [0.1, 0.15) is 0 Å². The van der Waals surface area contributed by atoms with E-state index in [0.717, 1.165) is 22.4 Å².